The van der Waals surface area contributed by atoms with Crippen molar-refractivity contribution in [1.82, 2.24) is 30.2 Å². The van der Waals surface area contributed by atoms with Gasteiger partial charge in [-0.3, -0.25) is 4.98 Å². The van der Waals surface area contributed by atoms with Gasteiger partial charge in [0.05, 0.1) is 66.4 Å². The summed E-state index contributed by atoms with van der Waals surface area (Å²) in [6.07, 6.45) is -1.47. The number of pyridine rings is 2. The van der Waals surface area contributed by atoms with Crippen molar-refractivity contribution in [1.29, 1.82) is 0 Å². The zero-order chi connectivity index (χ0) is 30.1. The molecule has 1 atom stereocenters. The number of para-hydroxylation sites is 1. The summed E-state index contributed by atoms with van der Waals surface area (Å²) >= 11 is 0. The Labute approximate surface area is 246 Å². The summed E-state index contributed by atoms with van der Waals surface area (Å²) in [6.45, 7) is 9.21. The minimum absolute atomic E-state index is 0.0640. The van der Waals surface area contributed by atoms with E-state index in [2.05, 4.69) is 45.4 Å². The molecule has 0 bridgehead atoms. The average Bonchev–Trinajstić information content (AvgIpc) is 3.77. The van der Waals surface area contributed by atoms with E-state index in [-0.39, 0.29) is 24.7 Å². The van der Waals surface area contributed by atoms with Crippen LogP contribution in [0.25, 0.3) is 16.2 Å². The molecule has 1 saturated heterocycles. The highest BCUT2D eigenvalue weighted by Gasteiger charge is 2.28. The summed E-state index contributed by atoms with van der Waals surface area (Å²) in [5, 5.41) is 15.6. The van der Waals surface area contributed by atoms with Crippen LogP contribution in [0.1, 0.15) is 23.5 Å². The lowest BCUT2D eigenvalue weighted by Gasteiger charge is -2.19. The van der Waals surface area contributed by atoms with E-state index in [0.717, 1.165) is 18.7 Å². The number of hydrogen-bond acceptors (Lipinski definition) is 10. The highest BCUT2D eigenvalue weighted by molar-refractivity contribution is 5.98. The molecule has 12 nitrogen and oxygen atoms in total. The maximum atomic E-state index is 13.7. The molecule has 1 aromatic carbocycles. The Kier molecular flexibility index (Phi) is 7.64. The van der Waals surface area contributed by atoms with E-state index in [9.17, 15) is 8.78 Å². The number of aromatic nitrogens is 6. The van der Waals surface area contributed by atoms with Crippen LogP contribution in [0, 0.1) is 6.57 Å². The number of halogens is 2. The highest BCUT2D eigenvalue weighted by atomic mass is 19.3. The third kappa shape index (κ3) is 5.59. The molecule has 1 fully saturated rings. The van der Waals surface area contributed by atoms with Crippen LogP contribution < -0.4 is 15.0 Å². The summed E-state index contributed by atoms with van der Waals surface area (Å²) in [6, 6.07) is 10.9. The fourth-order valence-electron chi connectivity index (χ4n) is 5.36. The Morgan fingerprint density at radius 2 is 2.00 bits per heavy atom. The van der Waals surface area contributed by atoms with Crippen molar-refractivity contribution >= 4 is 34.3 Å². The van der Waals surface area contributed by atoms with E-state index in [0.29, 0.717) is 63.6 Å². The molecular weight excluding hydrogens is 558 g/mol. The first-order chi connectivity index (χ1) is 20.9. The van der Waals surface area contributed by atoms with Gasteiger partial charge in [-0.1, -0.05) is 12.6 Å². The molecule has 0 radical (unpaired) electrons. The summed E-state index contributed by atoms with van der Waals surface area (Å²) in [7, 11) is 4.88. The van der Waals surface area contributed by atoms with Gasteiger partial charge in [0.25, 0.3) is 12.2 Å². The molecule has 2 aliphatic rings. The second-order valence-corrected chi connectivity index (χ2v) is 10.2. The standard InChI is InChI=1S/C29H28F2N10O2/c1-32-29-24(41-11-10-18(15-41)42-3)9-8-16(34-29)12-17-13-21(25-22(33-17)14-23(36-25)27(30)31)35-20-7-5-6-19(26(20)43-4)28-37-39-40(2)38-28/h5-9,13,18,27H,10-12,14-15H2,2-4H3,(H,33,35)/t18-/m0/s1. The second kappa shape index (κ2) is 11.7. The number of alkyl halides is 2. The molecule has 3 aromatic heterocycles. The van der Waals surface area contributed by atoms with Crippen LogP contribution in [-0.2, 0) is 24.6 Å². The Morgan fingerprint density at radius 3 is 2.70 bits per heavy atom. The quantitative estimate of drug-likeness (QED) is 0.279. The molecule has 220 valence electrons. The van der Waals surface area contributed by atoms with Crippen molar-refractivity contribution in [3.8, 4) is 17.1 Å². The van der Waals surface area contributed by atoms with Gasteiger partial charge >= 0.3 is 0 Å². The Bertz CT molecular complexity index is 1750. The monoisotopic (exact) mass is 586 g/mol. The van der Waals surface area contributed by atoms with E-state index in [4.69, 9.17) is 16.0 Å². The molecule has 0 amide bonds. The molecule has 0 aliphatic carbocycles. The fraction of sp³-hybridized carbons (Fsp3) is 0.345. The average molecular weight is 587 g/mol. The van der Waals surface area contributed by atoms with Gasteiger partial charge in [0.1, 0.15) is 11.4 Å². The Morgan fingerprint density at radius 1 is 1.14 bits per heavy atom. The predicted molar refractivity (Wildman–Crippen MR) is 156 cm³/mol. The normalized spacial score (nSPS) is 15.9. The van der Waals surface area contributed by atoms with Crippen molar-refractivity contribution < 1.29 is 18.3 Å². The van der Waals surface area contributed by atoms with Gasteiger partial charge in [-0.05, 0) is 42.0 Å². The summed E-state index contributed by atoms with van der Waals surface area (Å²) in [5.41, 5.74) is 4.18. The number of aryl methyl sites for hydroxylation is 1. The number of nitrogens with one attached hydrogen (secondary N) is 1. The third-order valence-corrected chi connectivity index (χ3v) is 7.41. The first-order valence-corrected chi connectivity index (χ1v) is 13.6. The Hall–Kier alpha value is -5.03. The lowest BCUT2D eigenvalue weighted by Crippen LogP contribution is -2.22. The predicted octanol–water partition coefficient (Wildman–Crippen LogP) is 4.68. The second-order valence-electron chi connectivity index (χ2n) is 10.2. The van der Waals surface area contributed by atoms with Gasteiger partial charge < -0.3 is 24.5 Å². The number of anilines is 3. The van der Waals surface area contributed by atoms with E-state index in [1.165, 1.54) is 11.9 Å². The highest BCUT2D eigenvalue weighted by Crippen LogP contribution is 2.41. The van der Waals surface area contributed by atoms with Gasteiger partial charge in [0.15, 0.2) is 5.75 Å². The number of tetrazole rings is 1. The Balaban J connectivity index is 1.34. The lowest BCUT2D eigenvalue weighted by molar-refractivity contribution is 0.121. The molecule has 5 heterocycles. The van der Waals surface area contributed by atoms with Crippen LogP contribution in [0.2, 0.25) is 0 Å². The fourth-order valence-corrected chi connectivity index (χ4v) is 5.36. The molecule has 14 heteroatoms. The van der Waals surface area contributed by atoms with Crippen LogP contribution >= 0.6 is 0 Å². The molecule has 1 N–H and O–H groups in total. The van der Waals surface area contributed by atoms with E-state index < -0.39 is 6.43 Å². The SMILES string of the molecule is [C-]#[N+]c1nc(Cc2cc(Nc3cccc(-c4nnn(C)n4)c3OC)c3c(n2)CC(C(F)F)=N3)ccc1N1CC[C@H](OC)C1. The van der Waals surface area contributed by atoms with Gasteiger partial charge in [-0.25, -0.2) is 13.8 Å². The molecule has 43 heavy (non-hydrogen) atoms. The summed E-state index contributed by atoms with van der Waals surface area (Å²) in [4.78, 5) is 20.6. The largest absolute Gasteiger partial charge is 0.494 e. The number of ether oxygens (including phenoxy) is 2. The number of nitrogens with zero attached hydrogens (tertiary/aromatic N) is 9. The van der Waals surface area contributed by atoms with Crippen LogP contribution in [0.3, 0.4) is 0 Å². The van der Waals surface area contributed by atoms with Crippen LogP contribution in [-0.4, -0.2) is 75.7 Å². The minimum Gasteiger partial charge on any atom is -0.494 e. The number of fused-ring (bicyclic) bond motifs is 1. The van der Waals surface area contributed by atoms with Gasteiger partial charge in [0.2, 0.25) is 5.82 Å². The maximum absolute atomic E-state index is 13.7. The molecule has 4 aromatic rings. The number of methoxy groups -OCH3 is 2. The van der Waals surface area contributed by atoms with Gasteiger partial charge in [-0.15, -0.1) is 15.2 Å². The molecule has 0 saturated carbocycles. The van der Waals surface area contributed by atoms with Gasteiger partial charge in [-0.2, -0.15) is 4.80 Å². The zero-order valence-corrected chi connectivity index (χ0v) is 23.8. The molecular formula is C29H28F2N10O2. The van der Waals surface area contributed by atoms with E-state index in [1.807, 2.05) is 12.1 Å². The van der Waals surface area contributed by atoms with Crippen molar-refractivity contribution in [3.05, 3.63) is 64.9 Å². The molecule has 0 unspecified atom stereocenters. The molecule has 6 rings (SSSR count). The number of rotatable bonds is 9. The van der Waals surface area contributed by atoms with Crippen molar-refractivity contribution in [2.45, 2.75) is 31.8 Å². The van der Waals surface area contributed by atoms with Crippen molar-refractivity contribution in [3.63, 3.8) is 0 Å². The smallest absolute Gasteiger partial charge is 0.293 e. The first-order valence-electron chi connectivity index (χ1n) is 13.6. The topological polar surface area (TPSA) is 120 Å². The number of benzene rings is 1. The van der Waals surface area contributed by atoms with E-state index in [1.54, 1.807) is 38.4 Å². The lowest BCUT2D eigenvalue weighted by atomic mass is 10.1. The summed E-state index contributed by atoms with van der Waals surface area (Å²) < 4.78 is 38.6. The van der Waals surface area contributed by atoms with E-state index >= 15 is 0 Å². The summed E-state index contributed by atoms with van der Waals surface area (Å²) in [5.74, 6) is 1.13. The number of hydrogen-bond donors (Lipinski definition) is 1. The molecule has 2 aliphatic heterocycles. The minimum atomic E-state index is -2.70. The van der Waals surface area contributed by atoms with Crippen molar-refractivity contribution in [2.24, 2.45) is 12.0 Å². The van der Waals surface area contributed by atoms with Gasteiger partial charge in [0, 0.05) is 26.6 Å². The van der Waals surface area contributed by atoms with Crippen LogP contribution in [0.15, 0.2) is 41.4 Å². The maximum Gasteiger partial charge on any atom is 0.293 e. The van der Waals surface area contributed by atoms with Crippen molar-refractivity contribution in [2.75, 3.05) is 37.5 Å². The number of aliphatic imine (C=N–C) groups is 1. The first kappa shape index (κ1) is 28.1. The molecule has 0 spiro atoms. The zero-order valence-electron chi connectivity index (χ0n) is 23.8. The van der Waals surface area contributed by atoms with Crippen LogP contribution in [0.5, 0.6) is 5.75 Å². The third-order valence-electron chi connectivity index (χ3n) is 7.41. The van der Waals surface area contributed by atoms with Crippen LogP contribution in [0.4, 0.5) is 37.3 Å².